The Morgan fingerprint density at radius 1 is 1.08 bits per heavy atom. The van der Waals surface area contributed by atoms with Crippen molar-refractivity contribution < 1.29 is 9.31 Å². The maximum Gasteiger partial charge on any atom is 0.490 e. The maximum absolute atomic E-state index is 6.14. The fraction of sp³-hybridized carbons (Fsp3) is 0.556. The molecule has 3 rings (SSSR count). The van der Waals surface area contributed by atoms with Crippen LogP contribution in [0.1, 0.15) is 39.7 Å². The molecule has 3 nitrogen and oxygen atoms in total. The van der Waals surface area contributed by atoms with Crippen molar-refractivity contribution in [2.45, 2.75) is 51.9 Å². The van der Waals surface area contributed by atoms with Crippen molar-refractivity contribution in [2.24, 2.45) is 0 Å². The van der Waals surface area contributed by atoms with Gasteiger partial charge in [-0.1, -0.05) is 35.3 Å². The van der Waals surface area contributed by atoms with Crippen LogP contribution in [0, 0.1) is 0 Å². The third kappa shape index (κ3) is 3.68. The van der Waals surface area contributed by atoms with Gasteiger partial charge in [0, 0.05) is 19.6 Å². The number of rotatable bonds is 3. The zero-order chi connectivity index (χ0) is 17.5. The molecule has 2 heterocycles. The molecule has 24 heavy (non-hydrogen) atoms. The van der Waals surface area contributed by atoms with E-state index in [2.05, 4.69) is 38.7 Å². The fourth-order valence-electron chi connectivity index (χ4n) is 2.98. The smallest absolute Gasteiger partial charge is 0.400 e. The molecule has 0 aromatic heterocycles. The van der Waals surface area contributed by atoms with Crippen molar-refractivity contribution in [3.8, 4) is 0 Å². The SMILES string of the molecule is CC1(C)OB(C2=CCN(Cc3ccc(Cl)c(Cl)c3)CC2)OC1(C)C. The van der Waals surface area contributed by atoms with Crippen LogP contribution >= 0.6 is 23.2 Å². The zero-order valence-electron chi connectivity index (χ0n) is 14.7. The lowest BCUT2D eigenvalue weighted by Gasteiger charge is -2.32. The molecule has 0 bridgehead atoms. The molecule has 0 radical (unpaired) electrons. The Labute approximate surface area is 155 Å². The molecule has 1 aromatic rings. The monoisotopic (exact) mass is 367 g/mol. The molecule has 0 N–H and O–H groups in total. The van der Waals surface area contributed by atoms with E-state index in [4.69, 9.17) is 32.5 Å². The van der Waals surface area contributed by atoms with Gasteiger partial charge in [0.05, 0.1) is 21.2 Å². The second kappa shape index (κ2) is 6.66. The highest BCUT2D eigenvalue weighted by atomic mass is 35.5. The largest absolute Gasteiger partial charge is 0.490 e. The Kier molecular flexibility index (Phi) is 5.07. The minimum absolute atomic E-state index is 0.220. The summed E-state index contributed by atoms with van der Waals surface area (Å²) < 4.78 is 12.3. The van der Waals surface area contributed by atoms with Gasteiger partial charge in [0.1, 0.15) is 0 Å². The Hall–Kier alpha value is -0.515. The van der Waals surface area contributed by atoms with E-state index in [1.807, 2.05) is 18.2 Å². The molecule has 6 heteroatoms. The van der Waals surface area contributed by atoms with Crippen LogP contribution in [0.15, 0.2) is 29.7 Å². The molecule has 1 fully saturated rings. The van der Waals surface area contributed by atoms with Gasteiger partial charge in [-0.3, -0.25) is 4.90 Å². The van der Waals surface area contributed by atoms with E-state index in [-0.39, 0.29) is 18.3 Å². The Morgan fingerprint density at radius 2 is 1.75 bits per heavy atom. The molecule has 0 unspecified atom stereocenters. The highest BCUT2D eigenvalue weighted by molar-refractivity contribution is 6.54. The molecule has 1 aromatic carbocycles. The molecule has 0 amide bonds. The van der Waals surface area contributed by atoms with Gasteiger partial charge in [-0.15, -0.1) is 0 Å². The molecule has 1 saturated heterocycles. The predicted molar refractivity (Wildman–Crippen MR) is 101 cm³/mol. The summed E-state index contributed by atoms with van der Waals surface area (Å²) >= 11 is 12.1. The van der Waals surface area contributed by atoms with E-state index in [0.717, 1.165) is 26.1 Å². The van der Waals surface area contributed by atoms with Gasteiger partial charge >= 0.3 is 7.12 Å². The summed E-state index contributed by atoms with van der Waals surface area (Å²) in [5.74, 6) is 0. The molecule has 2 aliphatic rings. The topological polar surface area (TPSA) is 21.7 Å². The second-order valence-corrected chi connectivity index (χ2v) is 8.42. The van der Waals surface area contributed by atoms with Crippen LogP contribution in [0.2, 0.25) is 10.0 Å². The molecule has 0 saturated carbocycles. The molecule has 0 spiro atoms. The predicted octanol–water partition coefficient (Wildman–Crippen LogP) is 4.76. The van der Waals surface area contributed by atoms with Crippen LogP contribution in [0.5, 0.6) is 0 Å². The van der Waals surface area contributed by atoms with Gasteiger partial charge in [0.2, 0.25) is 0 Å². The Balaban J connectivity index is 1.61. The van der Waals surface area contributed by atoms with Gasteiger partial charge < -0.3 is 9.31 Å². The lowest BCUT2D eigenvalue weighted by Crippen LogP contribution is -2.41. The lowest BCUT2D eigenvalue weighted by atomic mass is 9.74. The summed E-state index contributed by atoms with van der Waals surface area (Å²) in [4.78, 5) is 2.38. The van der Waals surface area contributed by atoms with Crippen LogP contribution < -0.4 is 0 Å². The molecular weight excluding hydrogens is 344 g/mol. The Morgan fingerprint density at radius 3 is 2.29 bits per heavy atom. The van der Waals surface area contributed by atoms with E-state index in [1.54, 1.807) is 0 Å². The summed E-state index contributed by atoms with van der Waals surface area (Å²) in [5, 5.41) is 1.21. The molecule has 0 aliphatic carbocycles. The van der Waals surface area contributed by atoms with Crippen LogP contribution in [0.4, 0.5) is 0 Å². The van der Waals surface area contributed by atoms with E-state index in [0.29, 0.717) is 10.0 Å². The first kappa shape index (κ1) is 18.3. The van der Waals surface area contributed by atoms with Gasteiger partial charge in [-0.2, -0.15) is 0 Å². The van der Waals surface area contributed by atoms with Crippen LogP contribution in [0.25, 0.3) is 0 Å². The number of hydrogen-bond acceptors (Lipinski definition) is 3. The Bertz CT molecular complexity index is 644. The van der Waals surface area contributed by atoms with E-state index in [9.17, 15) is 0 Å². The number of halogens is 2. The first-order chi connectivity index (χ1) is 11.2. The summed E-state index contributed by atoms with van der Waals surface area (Å²) in [6.45, 7) is 11.1. The second-order valence-electron chi connectivity index (χ2n) is 7.60. The summed E-state index contributed by atoms with van der Waals surface area (Å²) in [6.07, 6.45) is 3.20. The average Bonchev–Trinajstić information content (AvgIpc) is 2.72. The first-order valence-electron chi connectivity index (χ1n) is 8.39. The summed E-state index contributed by atoms with van der Waals surface area (Å²) in [7, 11) is -0.220. The standard InChI is InChI=1S/C18H24BCl2NO2/c1-17(2)18(3,4)24-19(23-17)14-7-9-22(10-8-14)12-13-5-6-15(20)16(21)11-13/h5-7,11H,8-10,12H2,1-4H3. The number of benzene rings is 1. The van der Waals surface area contributed by atoms with E-state index < -0.39 is 0 Å². The van der Waals surface area contributed by atoms with Crippen molar-refractivity contribution in [3.05, 3.63) is 45.4 Å². The van der Waals surface area contributed by atoms with Crippen LogP contribution in [-0.4, -0.2) is 36.3 Å². The van der Waals surface area contributed by atoms with Gasteiger partial charge in [-0.25, -0.2) is 0 Å². The van der Waals surface area contributed by atoms with Crippen molar-refractivity contribution in [1.29, 1.82) is 0 Å². The third-order valence-electron chi connectivity index (χ3n) is 5.27. The van der Waals surface area contributed by atoms with Crippen molar-refractivity contribution in [1.82, 2.24) is 4.90 Å². The van der Waals surface area contributed by atoms with Crippen molar-refractivity contribution in [3.63, 3.8) is 0 Å². The average molecular weight is 368 g/mol. The van der Waals surface area contributed by atoms with Crippen LogP contribution in [-0.2, 0) is 15.9 Å². The molecule has 130 valence electrons. The maximum atomic E-state index is 6.14. The third-order valence-corrected chi connectivity index (χ3v) is 6.01. The van der Waals surface area contributed by atoms with Gasteiger partial charge in [-0.05, 0) is 57.3 Å². The minimum Gasteiger partial charge on any atom is -0.400 e. The van der Waals surface area contributed by atoms with E-state index >= 15 is 0 Å². The molecular formula is C18H24BCl2NO2. The van der Waals surface area contributed by atoms with Crippen molar-refractivity contribution in [2.75, 3.05) is 13.1 Å². The lowest BCUT2D eigenvalue weighted by molar-refractivity contribution is 0.00578. The minimum atomic E-state index is -0.282. The van der Waals surface area contributed by atoms with Crippen LogP contribution in [0.3, 0.4) is 0 Å². The molecule has 2 aliphatic heterocycles. The summed E-state index contributed by atoms with van der Waals surface area (Å²) in [5.41, 5.74) is 1.86. The van der Waals surface area contributed by atoms with Gasteiger partial charge in [0.15, 0.2) is 0 Å². The van der Waals surface area contributed by atoms with Gasteiger partial charge in [0.25, 0.3) is 0 Å². The number of nitrogens with zero attached hydrogens (tertiary/aromatic N) is 1. The van der Waals surface area contributed by atoms with Crippen molar-refractivity contribution >= 4 is 30.3 Å². The van der Waals surface area contributed by atoms with E-state index in [1.165, 1.54) is 11.0 Å². The molecule has 0 atom stereocenters. The first-order valence-corrected chi connectivity index (χ1v) is 9.14. The fourth-order valence-corrected chi connectivity index (χ4v) is 3.30. The zero-order valence-corrected chi connectivity index (χ0v) is 16.2. The number of hydrogen-bond donors (Lipinski definition) is 0. The summed E-state index contributed by atoms with van der Waals surface area (Å²) in [6, 6.07) is 5.83. The quantitative estimate of drug-likeness (QED) is 0.719. The normalized spacial score (nSPS) is 23.4. The highest BCUT2D eigenvalue weighted by Crippen LogP contribution is 2.39. The highest BCUT2D eigenvalue weighted by Gasteiger charge is 2.52.